The number of rotatable bonds is 5. The summed E-state index contributed by atoms with van der Waals surface area (Å²) < 4.78 is 10.5. The van der Waals surface area contributed by atoms with Gasteiger partial charge in [0.2, 0.25) is 5.91 Å². The molecule has 3 rings (SSSR count). The summed E-state index contributed by atoms with van der Waals surface area (Å²) in [6, 6.07) is 5.23. The molecule has 0 aliphatic carbocycles. The minimum atomic E-state index is -0.440. The van der Waals surface area contributed by atoms with E-state index in [-0.39, 0.29) is 12.5 Å². The molecule has 2 fully saturated rings. The molecule has 1 aromatic carbocycles. The zero-order valence-electron chi connectivity index (χ0n) is 15.4. The van der Waals surface area contributed by atoms with Gasteiger partial charge >= 0.3 is 0 Å². The van der Waals surface area contributed by atoms with Crippen LogP contribution in [0.15, 0.2) is 23.1 Å². The lowest BCUT2D eigenvalue weighted by atomic mass is 10.1. The third-order valence-electron chi connectivity index (χ3n) is 4.58. The fraction of sp³-hybridized carbons (Fsp3) is 0.421. The van der Waals surface area contributed by atoms with Gasteiger partial charge in [-0.1, -0.05) is 6.07 Å². The molecule has 0 bridgehead atoms. The molecule has 3 amide bonds. The maximum atomic E-state index is 12.6. The monoisotopic (exact) mass is 390 g/mol. The Morgan fingerprint density at radius 2 is 1.81 bits per heavy atom. The summed E-state index contributed by atoms with van der Waals surface area (Å²) in [5.41, 5.74) is 0.709. The van der Waals surface area contributed by atoms with Crippen LogP contribution in [0.2, 0.25) is 0 Å². The Balaban J connectivity index is 1.73. The number of hydrogen-bond acceptors (Lipinski definition) is 6. The van der Waals surface area contributed by atoms with Crippen LogP contribution in [0.1, 0.15) is 24.8 Å². The smallest absolute Gasteiger partial charge is 0.294 e. The van der Waals surface area contributed by atoms with Crippen LogP contribution in [0.3, 0.4) is 0 Å². The summed E-state index contributed by atoms with van der Waals surface area (Å²) in [6.45, 7) is 1.18. The van der Waals surface area contributed by atoms with E-state index in [1.54, 1.807) is 36.3 Å². The van der Waals surface area contributed by atoms with Crippen LogP contribution in [0, 0.1) is 0 Å². The van der Waals surface area contributed by atoms with Crippen molar-refractivity contribution < 1.29 is 23.9 Å². The highest BCUT2D eigenvalue weighted by atomic mass is 32.2. The van der Waals surface area contributed by atoms with E-state index >= 15 is 0 Å². The van der Waals surface area contributed by atoms with Gasteiger partial charge in [0.05, 0.1) is 19.1 Å². The number of piperidine rings is 1. The van der Waals surface area contributed by atoms with Crippen LogP contribution >= 0.6 is 11.8 Å². The molecule has 144 valence electrons. The molecule has 27 heavy (non-hydrogen) atoms. The van der Waals surface area contributed by atoms with Gasteiger partial charge in [0.15, 0.2) is 11.5 Å². The molecule has 1 aromatic rings. The quantitative estimate of drug-likeness (QED) is 0.720. The van der Waals surface area contributed by atoms with Gasteiger partial charge < -0.3 is 14.4 Å². The molecule has 0 aromatic heterocycles. The number of carbonyl (C=O) groups excluding carboxylic acids is 3. The van der Waals surface area contributed by atoms with Crippen molar-refractivity contribution in [2.24, 2.45) is 0 Å². The van der Waals surface area contributed by atoms with Crippen LogP contribution in [0.25, 0.3) is 6.08 Å². The number of imide groups is 1. The molecule has 0 saturated carbocycles. The predicted octanol–water partition coefficient (Wildman–Crippen LogP) is 2.75. The van der Waals surface area contributed by atoms with Crippen LogP contribution in [-0.4, -0.2) is 60.7 Å². The summed E-state index contributed by atoms with van der Waals surface area (Å²) in [7, 11) is 3.07. The Labute approximate surface area is 162 Å². The Hall–Kier alpha value is -2.48. The second-order valence-corrected chi connectivity index (χ2v) is 7.32. The summed E-state index contributed by atoms with van der Waals surface area (Å²) in [4.78, 5) is 40.3. The molecule has 2 heterocycles. The summed E-state index contributed by atoms with van der Waals surface area (Å²) in [5.74, 6) is 0.496. The number of ether oxygens (including phenoxy) is 2. The van der Waals surface area contributed by atoms with Crippen LogP contribution < -0.4 is 9.47 Å². The average Bonchev–Trinajstić information content (AvgIpc) is 2.95. The number of methoxy groups -OCH3 is 2. The molecule has 0 unspecified atom stereocenters. The molecule has 0 radical (unpaired) electrons. The number of benzene rings is 1. The highest BCUT2D eigenvalue weighted by Crippen LogP contribution is 2.34. The molecule has 2 aliphatic heterocycles. The molecular weight excluding hydrogens is 368 g/mol. The molecule has 2 aliphatic rings. The third kappa shape index (κ3) is 4.27. The van der Waals surface area contributed by atoms with Gasteiger partial charge in [0, 0.05) is 13.1 Å². The zero-order chi connectivity index (χ0) is 19.4. The van der Waals surface area contributed by atoms with Crippen molar-refractivity contribution in [3.05, 3.63) is 28.7 Å². The van der Waals surface area contributed by atoms with Crippen LogP contribution in [0.5, 0.6) is 11.5 Å². The Morgan fingerprint density at radius 1 is 1.11 bits per heavy atom. The molecule has 0 N–H and O–H groups in total. The Kier molecular flexibility index (Phi) is 6.05. The van der Waals surface area contributed by atoms with Gasteiger partial charge in [-0.05, 0) is 54.8 Å². The second-order valence-electron chi connectivity index (χ2n) is 6.32. The fourth-order valence-corrected chi connectivity index (χ4v) is 3.95. The number of carbonyl (C=O) groups is 3. The van der Waals surface area contributed by atoms with Gasteiger partial charge in [-0.2, -0.15) is 0 Å². The zero-order valence-corrected chi connectivity index (χ0v) is 16.2. The Morgan fingerprint density at radius 3 is 2.48 bits per heavy atom. The van der Waals surface area contributed by atoms with Crippen LogP contribution in [0.4, 0.5) is 4.79 Å². The van der Waals surface area contributed by atoms with Crippen molar-refractivity contribution in [2.75, 3.05) is 33.9 Å². The van der Waals surface area contributed by atoms with E-state index in [4.69, 9.17) is 9.47 Å². The van der Waals surface area contributed by atoms with Crippen molar-refractivity contribution >= 4 is 34.9 Å². The van der Waals surface area contributed by atoms with Crippen molar-refractivity contribution in [3.8, 4) is 11.5 Å². The maximum Gasteiger partial charge on any atom is 0.294 e. The van der Waals surface area contributed by atoms with Gasteiger partial charge in [0.1, 0.15) is 6.54 Å². The number of amides is 3. The first-order valence-corrected chi connectivity index (χ1v) is 9.60. The first-order chi connectivity index (χ1) is 13.0. The van der Waals surface area contributed by atoms with E-state index in [1.807, 2.05) is 0 Å². The summed E-state index contributed by atoms with van der Waals surface area (Å²) in [6.07, 6.45) is 4.66. The second kappa shape index (κ2) is 8.47. The lowest BCUT2D eigenvalue weighted by Gasteiger charge is -2.27. The van der Waals surface area contributed by atoms with E-state index < -0.39 is 11.1 Å². The summed E-state index contributed by atoms with van der Waals surface area (Å²) >= 11 is 0.844. The number of hydrogen-bond donors (Lipinski definition) is 0. The number of thioether (sulfide) groups is 1. The molecule has 0 atom stereocenters. The lowest BCUT2D eigenvalue weighted by Crippen LogP contribution is -2.44. The first-order valence-electron chi connectivity index (χ1n) is 8.78. The van der Waals surface area contributed by atoms with E-state index in [9.17, 15) is 14.4 Å². The van der Waals surface area contributed by atoms with Crippen molar-refractivity contribution in [2.45, 2.75) is 19.3 Å². The molecule has 2 saturated heterocycles. The SMILES string of the molecule is COc1ccc(/C=C2/SC(=O)N(CC(=O)N3CCCCC3)C2=O)cc1OC. The van der Waals surface area contributed by atoms with Crippen molar-refractivity contribution in [3.63, 3.8) is 0 Å². The highest BCUT2D eigenvalue weighted by molar-refractivity contribution is 8.18. The number of nitrogens with zero attached hydrogens (tertiary/aromatic N) is 2. The minimum absolute atomic E-state index is 0.177. The number of likely N-dealkylation sites (tertiary alicyclic amines) is 1. The normalized spacial score (nSPS) is 19.0. The largest absolute Gasteiger partial charge is 0.493 e. The van der Waals surface area contributed by atoms with Crippen molar-refractivity contribution in [1.29, 1.82) is 0 Å². The van der Waals surface area contributed by atoms with Gasteiger partial charge in [0.25, 0.3) is 11.1 Å². The maximum absolute atomic E-state index is 12.6. The standard InChI is InChI=1S/C19H22N2O5S/c1-25-14-7-6-13(10-15(14)26-2)11-16-18(23)21(19(24)27-16)12-17(22)20-8-4-3-5-9-20/h6-7,10-11H,3-5,8-9,12H2,1-2H3/b16-11+. The molecule has 7 nitrogen and oxygen atoms in total. The first kappa shape index (κ1) is 19.3. The van der Waals surface area contributed by atoms with E-state index in [0.29, 0.717) is 35.1 Å². The topological polar surface area (TPSA) is 76.2 Å². The fourth-order valence-electron chi connectivity index (χ4n) is 3.11. The third-order valence-corrected chi connectivity index (χ3v) is 5.49. The van der Waals surface area contributed by atoms with E-state index in [1.165, 1.54) is 7.11 Å². The summed E-state index contributed by atoms with van der Waals surface area (Å²) in [5, 5.41) is -0.419. The van der Waals surface area contributed by atoms with Crippen LogP contribution in [-0.2, 0) is 9.59 Å². The molecular formula is C19H22N2O5S. The van der Waals surface area contributed by atoms with Gasteiger partial charge in [-0.15, -0.1) is 0 Å². The highest BCUT2D eigenvalue weighted by Gasteiger charge is 2.37. The lowest BCUT2D eigenvalue weighted by molar-refractivity contribution is -0.136. The van der Waals surface area contributed by atoms with Gasteiger partial charge in [-0.3, -0.25) is 19.3 Å². The Bertz CT molecular complexity index is 786. The van der Waals surface area contributed by atoms with Gasteiger partial charge in [-0.25, -0.2) is 0 Å². The predicted molar refractivity (Wildman–Crippen MR) is 103 cm³/mol. The van der Waals surface area contributed by atoms with Crippen molar-refractivity contribution in [1.82, 2.24) is 9.80 Å². The average molecular weight is 390 g/mol. The molecule has 8 heteroatoms. The van der Waals surface area contributed by atoms with E-state index in [2.05, 4.69) is 0 Å². The molecule has 0 spiro atoms. The minimum Gasteiger partial charge on any atom is -0.493 e. The van der Waals surface area contributed by atoms with E-state index in [0.717, 1.165) is 35.9 Å².